The quantitative estimate of drug-likeness (QED) is 0.126. The molecule has 16 heteroatoms. The van der Waals surface area contributed by atoms with E-state index in [4.69, 9.17) is 44.0 Å². The van der Waals surface area contributed by atoms with Gasteiger partial charge in [0.1, 0.15) is 29.2 Å². The van der Waals surface area contributed by atoms with Crippen molar-refractivity contribution in [2.45, 2.75) is 46.3 Å². The number of anilines is 2. The summed E-state index contributed by atoms with van der Waals surface area (Å²) in [5, 5.41) is 2.10. The van der Waals surface area contributed by atoms with E-state index in [1.165, 1.54) is 12.4 Å². The van der Waals surface area contributed by atoms with Crippen LogP contribution in [0.1, 0.15) is 35.1 Å². The van der Waals surface area contributed by atoms with E-state index >= 15 is 0 Å². The van der Waals surface area contributed by atoms with Gasteiger partial charge in [0, 0.05) is 27.5 Å². The highest BCUT2D eigenvalue weighted by Crippen LogP contribution is 2.39. The molecule has 0 bridgehead atoms. The molecule has 1 aliphatic heterocycles. The summed E-state index contributed by atoms with van der Waals surface area (Å²) in [6, 6.07) is 10.9. The molecule has 0 atom stereocenters. The minimum Gasteiger partial charge on any atom is -0.399 e. The molecule has 3 heterocycles. The van der Waals surface area contributed by atoms with Crippen LogP contribution < -0.4 is 27.5 Å². The first kappa shape index (κ1) is 40.9. The average molecular weight is 786 g/mol. The van der Waals surface area contributed by atoms with Gasteiger partial charge in [-0.05, 0) is 100 Å². The molecule has 4 aromatic rings. The highest BCUT2D eigenvalue weighted by atomic mass is 79.9. The van der Waals surface area contributed by atoms with E-state index in [2.05, 4.69) is 35.9 Å². The van der Waals surface area contributed by atoms with Crippen LogP contribution in [0.3, 0.4) is 0 Å². The summed E-state index contributed by atoms with van der Waals surface area (Å²) < 4.78 is 37.1. The van der Waals surface area contributed by atoms with Crippen molar-refractivity contribution in [3.8, 4) is 11.3 Å². The second-order valence-electron chi connectivity index (χ2n) is 12.3. The zero-order chi connectivity index (χ0) is 34.7. The van der Waals surface area contributed by atoms with Crippen LogP contribution in [-0.4, -0.2) is 64.9 Å². The summed E-state index contributed by atoms with van der Waals surface area (Å²) in [6.07, 6.45) is 6.08. The van der Waals surface area contributed by atoms with Crippen molar-refractivity contribution in [2.24, 2.45) is 0 Å². The minimum atomic E-state index is -2.42. The molecule has 1 saturated heterocycles. The van der Waals surface area contributed by atoms with Crippen LogP contribution in [0.4, 0.5) is 11.4 Å². The largest absolute Gasteiger partial charge is 0.494 e. The third-order valence-electron chi connectivity index (χ3n) is 7.28. The fourth-order valence-corrected chi connectivity index (χ4v) is 6.78. The third kappa shape index (κ3) is 11.1. The van der Waals surface area contributed by atoms with Crippen LogP contribution in [0.5, 0.6) is 0 Å². The first-order valence-corrected chi connectivity index (χ1v) is 20.7. The van der Waals surface area contributed by atoms with Crippen molar-refractivity contribution < 1.29 is 18.4 Å². The first-order chi connectivity index (χ1) is 21.1. The van der Waals surface area contributed by atoms with Gasteiger partial charge in [0.15, 0.2) is 0 Å². The Bertz CT molecular complexity index is 1730. The lowest BCUT2D eigenvalue weighted by Gasteiger charge is -2.32. The van der Waals surface area contributed by atoms with Crippen molar-refractivity contribution >= 4 is 88.0 Å². The van der Waals surface area contributed by atoms with E-state index in [1.54, 1.807) is 57.3 Å². The Balaban J connectivity index is 0.000000262. The molecule has 4 N–H and O–H groups in total. The summed E-state index contributed by atoms with van der Waals surface area (Å²) in [4.78, 5) is 15.7. The lowest BCUT2D eigenvalue weighted by atomic mass is 9.79. The summed E-state index contributed by atoms with van der Waals surface area (Å²) >= 11 is 14.2. The molecule has 10 nitrogen and oxygen atoms in total. The molecule has 0 saturated carbocycles. The highest BCUT2D eigenvalue weighted by Gasteiger charge is 2.51. The highest BCUT2D eigenvalue weighted by molar-refractivity contribution is 9.10. The van der Waals surface area contributed by atoms with Gasteiger partial charge < -0.3 is 29.9 Å². The Morgan fingerprint density at radius 3 is 1.62 bits per heavy atom. The predicted octanol–water partition coefficient (Wildman–Crippen LogP) is 6.97. The number of benzene rings is 2. The summed E-state index contributed by atoms with van der Waals surface area (Å²) in [5.74, 6) is 0. The van der Waals surface area contributed by atoms with E-state index in [0.29, 0.717) is 42.6 Å². The summed E-state index contributed by atoms with van der Waals surface area (Å²) in [7, 11) is -5.29. The number of hydrogen-bond donors (Lipinski definition) is 2. The first-order valence-electron chi connectivity index (χ1n) is 14.0. The van der Waals surface area contributed by atoms with Crippen LogP contribution in [0.15, 0.2) is 65.8 Å². The van der Waals surface area contributed by atoms with Crippen molar-refractivity contribution in [3.05, 3.63) is 76.1 Å². The Kier molecular flexibility index (Phi) is 13.9. The van der Waals surface area contributed by atoms with Gasteiger partial charge in [-0.15, -0.1) is 0 Å². The number of hydrogen-bond acceptors (Lipinski definition) is 10. The number of rotatable bonds is 4. The Morgan fingerprint density at radius 1 is 0.723 bits per heavy atom. The molecule has 0 spiro atoms. The average Bonchev–Trinajstić information content (AvgIpc) is 3.17. The van der Waals surface area contributed by atoms with Gasteiger partial charge in [-0.25, -0.2) is 15.0 Å². The van der Waals surface area contributed by atoms with Crippen LogP contribution in [0.2, 0.25) is 10.3 Å². The zero-order valence-electron chi connectivity index (χ0n) is 27.0. The molecule has 1 fully saturated rings. The van der Waals surface area contributed by atoms with Gasteiger partial charge >= 0.3 is 7.12 Å². The number of aromatic nitrogens is 4. The van der Waals surface area contributed by atoms with Gasteiger partial charge in [0.2, 0.25) is 0 Å². The second-order valence-corrected chi connectivity index (χ2v) is 20.2. The van der Waals surface area contributed by atoms with E-state index < -0.39 is 21.4 Å². The van der Waals surface area contributed by atoms with Gasteiger partial charge in [-0.1, -0.05) is 42.8 Å². The molecule has 0 amide bonds. The van der Waals surface area contributed by atoms with Crippen LogP contribution >= 0.6 is 53.4 Å². The van der Waals surface area contributed by atoms with Crippen LogP contribution in [0.25, 0.3) is 11.3 Å². The molecular formula is C31H42BBrCl2N6O4P2. The van der Waals surface area contributed by atoms with Crippen molar-refractivity contribution in [2.75, 3.05) is 38.1 Å². The molecule has 0 unspecified atom stereocenters. The van der Waals surface area contributed by atoms with Crippen molar-refractivity contribution in [3.63, 3.8) is 0 Å². The number of nitrogen functional groups attached to an aromatic ring is 2. The predicted molar refractivity (Wildman–Crippen MR) is 203 cm³/mol. The molecule has 5 rings (SSSR count). The van der Waals surface area contributed by atoms with Gasteiger partial charge in [-0.2, -0.15) is 0 Å². The molecule has 0 aliphatic carbocycles. The Hall–Kier alpha value is -2.30. The molecule has 2 aromatic heterocycles. The number of nitrogens with zero attached hydrogens (tertiary/aromatic N) is 4. The van der Waals surface area contributed by atoms with E-state index in [-0.39, 0.29) is 18.6 Å². The monoisotopic (exact) mass is 784 g/mol. The number of halogens is 3. The summed E-state index contributed by atoms with van der Waals surface area (Å²) in [5.41, 5.74) is 14.5. The zero-order valence-corrected chi connectivity index (χ0v) is 31.8. The van der Waals surface area contributed by atoms with Gasteiger partial charge in [0.05, 0.1) is 41.7 Å². The maximum atomic E-state index is 12.3. The Labute approximate surface area is 296 Å². The topological polar surface area (TPSA) is 156 Å². The maximum absolute atomic E-state index is 12.3. The molecule has 1 aliphatic rings. The van der Waals surface area contributed by atoms with Gasteiger partial charge in [-0.3, -0.25) is 4.98 Å². The van der Waals surface area contributed by atoms with Crippen LogP contribution in [0, 0.1) is 0 Å². The second kappa shape index (κ2) is 15.9. The standard InChI is InChI=1S/C14H23BNO3P.C12H13ClN3OP.C4H2BrClN2.CH4/c1-13(2)14(3,4)19-15(18-13)10-7-8-11(16)12(9-10)20(5,6)17;1-18(2,17)11-5-8(3-4-9(11)14)10-6-16-12(13)7-15-10;5-3-1-8-4(6)2-7-3;/h7-9H,16H2,1-6H3;3-7H,14H2,1-2H3;1-2H;1H4. The lowest BCUT2D eigenvalue weighted by Crippen LogP contribution is -2.41. The Morgan fingerprint density at radius 2 is 1.19 bits per heavy atom. The van der Waals surface area contributed by atoms with E-state index in [0.717, 1.165) is 11.0 Å². The lowest BCUT2D eigenvalue weighted by molar-refractivity contribution is 0.00578. The molecule has 254 valence electrons. The maximum Gasteiger partial charge on any atom is 0.494 e. The van der Waals surface area contributed by atoms with E-state index in [1.807, 2.05) is 45.9 Å². The fourth-order valence-electron chi connectivity index (χ4n) is 4.08. The molecular weight excluding hydrogens is 744 g/mol. The van der Waals surface area contributed by atoms with Crippen LogP contribution in [-0.2, 0) is 18.4 Å². The minimum absolute atomic E-state index is 0. The smallest absolute Gasteiger partial charge is 0.399 e. The SMILES string of the molecule is C.CC1(C)OB(c2ccc(N)c(P(C)(C)=O)c2)OC1(C)C.CP(C)(=O)c1cc(-c2cnc(Cl)cn2)ccc1N.Clc1cnc(Br)cn1. The third-order valence-corrected chi connectivity index (χ3v) is 11.2. The molecule has 47 heavy (non-hydrogen) atoms. The van der Waals surface area contributed by atoms with Gasteiger partial charge in [0.25, 0.3) is 0 Å². The number of nitrogens with two attached hydrogens (primary N) is 2. The molecule has 2 aromatic carbocycles. The normalized spacial score (nSPS) is 15.0. The summed E-state index contributed by atoms with van der Waals surface area (Å²) in [6.45, 7) is 14.8. The van der Waals surface area contributed by atoms with Crippen molar-refractivity contribution in [1.29, 1.82) is 0 Å². The van der Waals surface area contributed by atoms with Crippen molar-refractivity contribution in [1.82, 2.24) is 19.9 Å². The van der Waals surface area contributed by atoms with E-state index in [9.17, 15) is 9.13 Å². The fraction of sp³-hybridized carbons (Fsp3) is 0.355. The molecule has 0 radical (unpaired) electrons.